The Hall–Kier alpha value is -1.30. The minimum Gasteiger partial charge on any atom is -0.352 e. The summed E-state index contributed by atoms with van der Waals surface area (Å²) < 4.78 is 1.90. The highest BCUT2D eigenvalue weighted by atomic mass is 32.2. The smallest absolute Gasteiger partial charge is 0.233 e. The molecule has 0 aliphatic heterocycles. The Kier molecular flexibility index (Phi) is 5.09. The van der Waals surface area contributed by atoms with Crippen molar-refractivity contribution in [2.45, 2.75) is 62.5 Å². The van der Waals surface area contributed by atoms with Crippen molar-refractivity contribution < 1.29 is 4.79 Å². The van der Waals surface area contributed by atoms with E-state index in [0.717, 1.165) is 17.0 Å². The van der Waals surface area contributed by atoms with Crippen LogP contribution in [0, 0.1) is 17.8 Å². The van der Waals surface area contributed by atoms with Gasteiger partial charge in [-0.1, -0.05) is 24.3 Å². The van der Waals surface area contributed by atoms with E-state index in [9.17, 15) is 4.79 Å². The number of allylic oxidation sites excluding steroid dienone is 1. The van der Waals surface area contributed by atoms with Gasteiger partial charge in [-0.3, -0.25) is 4.79 Å². The molecule has 1 N–H and O–H groups in total. The summed E-state index contributed by atoms with van der Waals surface area (Å²) in [5.41, 5.74) is 0. The van der Waals surface area contributed by atoms with Gasteiger partial charge in [0.05, 0.1) is 5.25 Å². The van der Waals surface area contributed by atoms with Gasteiger partial charge < -0.3 is 9.88 Å². The van der Waals surface area contributed by atoms with Crippen molar-refractivity contribution in [3.63, 3.8) is 0 Å². The fourth-order valence-electron chi connectivity index (χ4n) is 4.17. The van der Waals surface area contributed by atoms with Crippen molar-refractivity contribution in [3.8, 4) is 0 Å². The first kappa shape index (κ1) is 16.6. The molecule has 126 valence electrons. The van der Waals surface area contributed by atoms with Crippen LogP contribution in [0.2, 0.25) is 0 Å². The highest BCUT2D eigenvalue weighted by Crippen LogP contribution is 2.49. The molecule has 3 rings (SSSR count). The summed E-state index contributed by atoms with van der Waals surface area (Å²) in [4.78, 5) is 12.5. The van der Waals surface area contributed by atoms with E-state index in [0.29, 0.717) is 12.5 Å². The maximum atomic E-state index is 12.5. The van der Waals surface area contributed by atoms with Gasteiger partial charge in [0.25, 0.3) is 0 Å². The largest absolute Gasteiger partial charge is 0.352 e. The predicted octanol–water partition coefficient (Wildman–Crippen LogP) is 2.89. The molecule has 0 saturated heterocycles. The quantitative estimate of drug-likeness (QED) is 0.615. The summed E-state index contributed by atoms with van der Waals surface area (Å²) in [6.07, 6.45) is 8.89. The van der Waals surface area contributed by atoms with Crippen LogP contribution < -0.4 is 5.32 Å². The van der Waals surface area contributed by atoms with Gasteiger partial charge in [-0.05, 0) is 50.9 Å². The van der Waals surface area contributed by atoms with Crippen molar-refractivity contribution in [2.75, 3.05) is 0 Å². The molecule has 2 fully saturated rings. The number of carbonyl (C=O) groups excluding carboxylic acids is 1. The zero-order chi connectivity index (χ0) is 16.4. The zero-order valence-electron chi connectivity index (χ0n) is 13.9. The van der Waals surface area contributed by atoms with E-state index in [1.54, 1.807) is 12.4 Å². The van der Waals surface area contributed by atoms with Gasteiger partial charge in [0.2, 0.25) is 5.91 Å². The van der Waals surface area contributed by atoms with Crippen molar-refractivity contribution in [3.05, 3.63) is 19.0 Å². The Labute approximate surface area is 142 Å². The number of hydrogen-bond acceptors (Lipinski definition) is 4. The lowest BCUT2D eigenvalue weighted by Crippen LogP contribution is -2.43. The van der Waals surface area contributed by atoms with Gasteiger partial charge in [0.1, 0.15) is 6.33 Å². The summed E-state index contributed by atoms with van der Waals surface area (Å²) in [5, 5.41) is 11.8. The van der Waals surface area contributed by atoms with Crippen LogP contribution in [0.15, 0.2) is 24.1 Å². The van der Waals surface area contributed by atoms with E-state index in [4.69, 9.17) is 0 Å². The standard InChI is InChI=1S/C17H26N4OS/c1-4-7-21-10-18-20-17(21)23-12(3)16(22)19-11(2)15-9-13-5-6-14(15)8-13/h4,10-15H,1,5-9H2,2-3H3,(H,19,22)/t11-,12+,13-,14-,15-/m0/s1. The molecule has 5 atom stereocenters. The molecular weight excluding hydrogens is 308 g/mol. The molecule has 0 radical (unpaired) electrons. The highest BCUT2D eigenvalue weighted by Gasteiger charge is 2.42. The fourth-order valence-corrected chi connectivity index (χ4v) is 5.01. The van der Waals surface area contributed by atoms with Crippen molar-refractivity contribution in [1.29, 1.82) is 0 Å². The van der Waals surface area contributed by atoms with E-state index in [1.807, 2.05) is 11.5 Å². The molecule has 2 saturated carbocycles. The number of fused-ring (bicyclic) bond motifs is 2. The summed E-state index contributed by atoms with van der Waals surface area (Å²) in [6.45, 7) is 8.48. The van der Waals surface area contributed by atoms with Gasteiger partial charge >= 0.3 is 0 Å². The van der Waals surface area contributed by atoms with Crippen LogP contribution in [0.1, 0.15) is 39.5 Å². The van der Waals surface area contributed by atoms with Crippen LogP contribution in [0.4, 0.5) is 0 Å². The Morgan fingerprint density at radius 2 is 2.35 bits per heavy atom. The lowest BCUT2D eigenvalue weighted by atomic mass is 9.84. The normalized spacial score (nSPS) is 28.5. The summed E-state index contributed by atoms with van der Waals surface area (Å²) in [6, 6.07) is 0.270. The lowest BCUT2D eigenvalue weighted by Gasteiger charge is -2.29. The number of thioether (sulfide) groups is 1. The third-order valence-electron chi connectivity index (χ3n) is 5.36. The molecule has 1 aromatic rings. The second kappa shape index (κ2) is 7.07. The molecule has 0 spiro atoms. The molecule has 5 nitrogen and oxygen atoms in total. The average Bonchev–Trinajstić information content (AvgIpc) is 3.24. The summed E-state index contributed by atoms with van der Waals surface area (Å²) >= 11 is 1.45. The van der Waals surface area contributed by atoms with E-state index >= 15 is 0 Å². The van der Waals surface area contributed by atoms with Gasteiger partial charge in [-0.25, -0.2) is 0 Å². The monoisotopic (exact) mass is 334 g/mol. The first-order valence-electron chi connectivity index (χ1n) is 8.54. The van der Waals surface area contributed by atoms with Crippen molar-refractivity contribution in [1.82, 2.24) is 20.1 Å². The van der Waals surface area contributed by atoms with Gasteiger partial charge in [-0.2, -0.15) is 0 Å². The zero-order valence-corrected chi connectivity index (χ0v) is 14.8. The lowest BCUT2D eigenvalue weighted by molar-refractivity contribution is -0.121. The molecule has 23 heavy (non-hydrogen) atoms. The second-order valence-corrected chi connectivity index (χ2v) is 8.26. The van der Waals surface area contributed by atoms with Gasteiger partial charge in [0, 0.05) is 12.6 Å². The molecule has 1 amide bonds. The number of nitrogens with zero attached hydrogens (tertiary/aromatic N) is 3. The molecule has 6 heteroatoms. The van der Waals surface area contributed by atoms with Gasteiger partial charge in [0.15, 0.2) is 5.16 Å². The maximum Gasteiger partial charge on any atom is 0.233 e. The molecule has 1 heterocycles. The van der Waals surface area contributed by atoms with E-state index < -0.39 is 0 Å². The van der Waals surface area contributed by atoms with Crippen LogP contribution >= 0.6 is 11.8 Å². The molecule has 0 unspecified atom stereocenters. The number of nitrogens with one attached hydrogen (secondary N) is 1. The SMILES string of the molecule is C=CCn1cnnc1S[C@H](C)C(=O)N[C@@H](C)[C@@H]1C[C@H]2CC[C@H]1C2. The van der Waals surface area contributed by atoms with Crippen LogP contribution in [-0.2, 0) is 11.3 Å². The number of aromatic nitrogens is 3. The van der Waals surface area contributed by atoms with E-state index in [2.05, 4.69) is 29.0 Å². The molecule has 2 aliphatic rings. The topological polar surface area (TPSA) is 59.8 Å². The number of amides is 1. The Balaban J connectivity index is 1.53. The molecule has 1 aromatic heterocycles. The third kappa shape index (κ3) is 3.62. The third-order valence-corrected chi connectivity index (χ3v) is 6.46. The highest BCUT2D eigenvalue weighted by molar-refractivity contribution is 8.00. The summed E-state index contributed by atoms with van der Waals surface area (Å²) in [7, 11) is 0. The van der Waals surface area contributed by atoms with Crippen LogP contribution in [0.5, 0.6) is 0 Å². The minimum atomic E-state index is -0.177. The average molecular weight is 334 g/mol. The van der Waals surface area contributed by atoms with Crippen LogP contribution in [-0.4, -0.2) is 32.0 Å². The predicted molar refractivity (Wildman–Crippen MR) is 92.1 cm³/mol. The Morgan fingerprint density at radius 1 is 1.52 bits per heavy atom. The molecule has 2 aliphatic carbocycles. The first-order valence-corrected chi connectivity index (χ1v) is 9.42. The van der Waals surface area contributed by atoms with E-state index in [1.165, 1.54) is 37.4 Å². The van der Waals surface area contributed by atoms with Crippen LogP contribution in [0.3, 0.4) is 0 Å². The van der Waals surface area contributed by atoms with E-state index in [-0.39, 0.29) is 17.2 Å². The molecular formula is C17H26N4OS. The number of carbonyl (C=O) groups is 1. The Morgan fingerprint density at radius 3 is 3.00 bits per heavy atom. The second-order valence-electron chi connectivity index (χ2n) is 6.95. The van der Waals surface area contributed by atoms with Crippen LogP contribution in [0.25, 0.3) is 0 Å². The minimum absolute atomic E-state index is 0.0958. The molecule has 0 aromatic carbocycles. The van der Waals surface area contributed by atoms with Crippen molar-refractivity contribution >= 4 is 17.7 Å². The number of hydrogen-bond donors (Lipinski definition) is 1. The number of rotatable bonds is 7. The first-order chi connectivity index (χ1) is 11.1. The van der Waals surface area contributed by atoms with Crippen molar-refractivity contribution in [2.24, 2.45) is 17.8 Å². The fraction of sp³-hybridized carbons (Fsp3) is 0.706. The molecule has 2 bridgehead atoms. The Bertz CT molecular complexity index is 573. The van der Waals surface area contributed by atoms with Gasteiger partial charge in [-0.15, -0.1) is 16.8 Å². The maximum absolute atomic E-state index is 12.5. The summed E-state index contributed by atoms with van der Waals surface area (Å²) in [5.74, 6) is 2.50.